The van der Waals surface area contributed by atoms with E-state index >= 15 is 0 Å². The third-order valence-electron chi connectivity index (χ3n) is 2.14. The average molecular weight is 204 g/mol. The van der Waals surface area contributed by atoms with Gasteiger partial charge in [0.05, 0.1) is 13.4 Å². The molecular weight excluding hydrogens is 196 g/mol. The van der Waals surface area contributed by atoms with E-state index in [1.165, 1.54) is 13.4 Å². The fourth-order valence-corrected chi connectivity index (χ4v) is 1.39. The molecule has 0 aliphatic rings. The number of methoxy groups -OCH3 is 1. The van der Waals surface area contributed by atoms with Crippen LogP contribution in [0.5, 0.6) is 5.75 Å². The smallest absolute Gasteiger partial charge is 0.261 e. The SMILES string of the molecule is COc1ccc2coc(C(=O)C=O)c2c1. The highest BCUT2D eigenvalue weighted by Crippen LogP contribution is 2.25. The number of ketones is 1. The molecule has 0 bridgehead atoms. The Morgan fingerprint density at radius 1 is 1.47 bits per heavy atom. The van der Waals surface area contributed by atoms with Crippen molar-refractivity contribution >= 4 is 22.8 Å². The molecule has 1 aromatic carbocycles. The van der Waals surface area contributed by atoms with Gasteiger partial charge in [0, 0.05) is 10.8 Å². The van der Waals surface area contributed by atoms with Crippen molar-refractivity contribution in [2.75, 3.05) is 7.11 Å². The van der Waals surface area contributed by atoms with Crippen LogP contribution in [0, 0.1) is 0 Å². The molecule has 0 fully saturated rings. The molecule has 1 heterocycles. The topological polar surface area (TPSA) is 56.5 Å². The van der Waals surface area contributed by atoms with Gasteiger partial charge in [-0.05, 0) is 18.2 Å². The van der Waals surface area contributed by atoms with Crippen LogP contribution in [0.15, 0.2) is 28.9 Å². The van der Waals surface area contributed by atoms with E-state index in [4.69, 9.17) is 9.15 Å². The van der Waals surface area contributed by atoms with Crippen molar-refractivity contribution in [3.63, 3.8) is 0 Å². The lowest BCUT2D eigenvalue weighted by molar-refractivity contribution is -0.104. The molecule has 2 rings (SSSR count). The standard InChI is InChI=1S/C11H8O4/c1-14-8-3-2-7-6-15-11(9(7)4-8)10(13)5-12/h2-6H,1H3. The number of carbonyl (C=O) groups is 2. The van der Waals surface area contributed by atoms with Gasteiger partial charge in [0.2, 0.25) is 0 Å². The minimum Gasteiger partial charge on any atom is -0.497 e. The monoisotopic (exact) mass is 204 g/mol. The summed E-state index contributed by atoms with van der Waals surface area (Å²) in [4.78, 5) is 21.5. The van der Waals surface area contributed by atoms with E-state index in [2.05, 4.69) is 0 Å². The molecule has 0 saturated heterocycles. The summed E-state index contributed by atoms with van der Waals surface area (Å²) in [6.45, 7) is 0. The Morgan fingerprint density at radius 2 is 2.27 bits per heavy atom. The third-order valence-corrected chi connectivity index (χ3v) is 2.14. The van der Waals surface area contributed by atoms with Crippen molar-refractivity contribution in [3.8, 4) is 5.75 Å². The molecule has 76 valence electrons. The Bertz CT molecular complexity index is 524. The summed E-state index contributed by atoms with van der Waals surface area (Å²) in [6.07, 6.45) is 1.67. The lowest BCUT2D eigenvalue weighted by atomic mass is 10.1. The number of ether oxygens (including phenoxy) is 1. The van der Waals surface area contributed by atoms with E-state index in [-0.39, 0.29) is 12.0 Å². The highest BCUT2D eigenvalue weighted by Gasteiger charge is 2.14. The van der Waals surface area contributed by atoms with E-state index in [0.29, 0.717) is 11.1 Å². The van der Waals surface area contributed by atoms with Crippen LogP contribution in [0.4, 0.5) is 0 Å². The second-order valence-electron chi connectivity index (χ2n) is 3.00. The molecule has 15 heavy (non-hydrogen) atoms. The van der Waals surface area contributed by atoms with Crippen LogP contribution in [-0.4, -0.2) is 19.2 Å². The summed E-state index contributed by atoms with van der Waals surface area (Å²) in [5.74, 6) is 0.000928. The highest BCUT2D eigenvalue weighted by molar-refractivity contribution is 6.35. The van der Waals surface area contributed by atoms with Gasteiger partial charge in [-0.15, -0.1) is 0 Å². The van der Waals surface area contributed by atoms with Crippen molar-refractivity contribution in [3.05, 3.63) is 30.2 Å². The number of aldehydes is 1. The van der Waals surface area contributed by atoms with Crippen molar-refractivity contribution in [2.24, 2.45) is 0 Å². The van der Waals surface area contributed by atoms with Gasteiger partial charge in [-0.3, -0.25) is 9.59 Å². The van der Waals surface area contributed by atoms with E-state index in [0.717, 1.165) is 5.39 Å². The molecule has 0 atom stereocenters. The summed E-state index contributed by atoms with van der Waals surface area (Å²) in [6, 6.07) is 5.18. The van der Waals surface area contributed by atoms with Crippen LogP contribution >= 0.6 is 0 Å². The zero-order valence-electron chi connectivity index (χ0n) is 8.02. The van der Waals surface area contributed by atoms with Gasteiger partial charge in [-0.2, -0.15) is 0 Å². The number of fused-ring (bicyclic) bond motifs is 1. The number of rotatable bonds is 3. The van der Waals surface area contributed by atoms with Crippen molar-refractivity contribution in [1.29, 1.82) is 0 Å². The highest BCUT2D eigenvalue weighted by atomic mass is 16.5. The molecule has 0 unspecified atom stereocenters. The molecule has 4 heteroatoms. The Kier molecular flexibility index (Phi) is 2.25. The van der Waals surface area contributed by atoms with Crippen LogP contribution < -0.4 is 4.74 Å². The van der Waals surface area contributed by atoms with Crippen molar-refractivity contribution in [1.82, 2.24) is 0 Å². The maximum Gasteiger partial charge on any atom is 0.261 e. The summed E-state index contributed by atoms with van der Waals surface area (Å²) >= 11 is 0. The zero-order valence-corrected chi connectivity index (χ0v) is 8.02. The lowest BCUT2D eigenvalue weighted by Crippen LogP contribution is -1.97. The largest absolute Gasteiger partial charge is 0.497 e. The van der Waals surface area contributed by atoms with Crippen LogP contribution in [0.1, 0.15) is 10.6 Å². The van der Waals surface area contributed by atoms with Crippen LogP contribution in [0.3, 0.4) is 0 Å². The second-order valence-corrected chi connectivity index (χ2v) is 3.00. The third kappa shape index (κ3) is 1.50. The molecule has 4 nitrogen and oxygen atoms in total. The number of Topliss-reactive ketones (excluding diaryl/α,β-unsaturated/α-hetero) is 1. The molecule has 0 spiro atoms. The van der Waals surface area contributed by atoms with Crippen molar-refractivity contribution in [2.45, 2.75) is 0 Å². The van der Waals surface area contributed by atoms with Crippen LogP contribution in [0.2, 0.25) is 0 Å². The van der Waals surface area contributed by atoms with E-state index < -0.39 is 5.78 Å². The first-order chi connectivity index (χ1) is 7.26. The summed E-state index contributed by atoms with van der Waals surface area (Å²) in [5, 5.41) is 1.35. The van der Waals surface area contributed by atoms with Gasteiger partial charge in [0.15, 0.2) is 12.0 Å². The number of hydrogen-bond donors (Lipinski definition) is 0. The quantitative estimate of drug-likeness (QED) is 0.434. The van der Waals surface area contributed by atoms with E-state index in [1.54, 1.807) is 18.2 Å². The van der Waals surface area contributed by atoms with Crippen LogP contribution in [0.25, 0.3) is 10.8 Å². The van der Waals surface area contributed by atoms with Crippen LogP contribution in [-0.2, 0) is 4.79 Å². The predicted octanol–water partition coefficient (Wildman–Crippen LogP) is 1.82. The zero-order chi connectivity index (χ0) is 10.8. The molecule has 0 radical (unpaired) electrons. The molecule has 1 aromatic heterocycles. The van der Waals surface area contributed by atoms with E-state index in [1.807, 2.05) is 0 Å². The maximum atomic E-state index is 11.2. The maximum absolute atomic E-state index is 11.2. The Labute approximate surface area is 85.4 Å². The number of benzene rings is 1. The molecular formula is C11H8O4. The normalized spacial score (nSPS) is 10.2. The second kappa shape index (κ2) is 3.57. The summed E-state index contributed by atoms with van der Waals surface area (Å²) in [7, 11) is 1.53. The molecule has 0 aliphatic heterocycles. The Hall–Kier alpha value is -2.10. The number of hydrogen-bond acceptors (Lipinski definition) is 4. The van der Waals surface area contributed by atoms with Gasteiger partial charge < -0.3 is 9.15 Å². The predicted molar refractivity (Wildman–Crippen MR) is 53.2 cm³/mol. The number of carbonyl (C=O) groups excluding carboxylic acids is 2. The van der Waals surface area contributed by atoms with Crippen molar-refractivity contribution < 1.29 is 18.7 Å². The molecule has 0 aliphatic carbocycles. The minimum absolute atomic E-state index is 0.0545. The van der Waals surface area contributed by atoms with Gasteiger partial charge in [-0.1, -0.05) is 0 Å². The van der Waals surface area contributed by atoms with E-state index in [9.17, 15) is 9.59 Å². The molecule has 2 aromatic rings. The molecule has 0 N–H and O–H groups in total. The number of furan rings is 1. The first kappa shape index (κ1) is 9.45. The van der Waals surface area contributed by atoms with Gasteiger partial charge >= 0.3 is 0 Å². The first-order valence-corrected chi connectivity index (χ1v) is 4.31. The Balaban J connectivity index is 2.66. The fourth-order valence-electron chi connectivity index (χ4n) is 1.39. The van der Waals surface area contributed by atoms with Gasteiger partial charge in [-0.25, -0.2) is 0 Å². The molecule has 0 amide bonds. The Morgan fingerprint density at radius 3 is 2.93 bits per heavy atom. The van der Waals surface area contributed by atoms with Gasteiger partial charge in [0.1, 0.15) is 5.75 Å². The molecule has 0 saturated carbocycles. The fraction of sp³-hybridized carbons (Fsp3) is 0.0909. The summed E-state index contributed by atoms with van der Waals surface area (Å²) in [5.41, 5.74) is 0. The summed E-state index contributed by atoms with van der Waals surface area (Å²) < 4.78 is 10.0. The minimum atomic E-state index is -0.668. The van der Waals surface area contributed by atoms with Gasteiger partial charge in [0.25, 0.3) is 5.78 Å². The first-order valence-electron chi connectivity index (χ1n) is 4.31. The average Bonchev–Trinajstić information content (AvgIpc) is 2.70. The lowest BCUT2D eigenvalue weighted by Gasteiger charge is -1.98.